The Kier molecular flexibility index (Phi) is 4.66. The average molecular weight is 278 g/mol. The van der Waals surface area contributed by atoms with Crippen LogP contribution in [0.5, 0.6) is 5.75 Å². The predicted molar refractivity (Wildman–Crippen MR) is 75.9 cm³/mol. The third kappa shape index (κ3) is 4.16. The highest BCUT2D eigenvalue weighted by atomic mass is 35.5. The van der Waals surface area contributed by atoms with Crippen molar-refractivity contribution in [2.75, 3.05) is 6.54 Å². The van der Waals surface area contributed by atoms with Gasteiger partial charge in [-0.05, 0) is 18.2 Å². The first kappa shape index (κ1) is 13.7. The Morgan fingerprint density at radius 3 is 2.63 bits per heavy atom. The van der Waals surface area contributed by atoms with Crippen LogP contribution in [0.3, 0.4) is 0 Å². The highest BCUT2D eigenvalue weighted by Gasteiger charge is 2.11. The number of para-hydroxylation sites is 1. The molecule has 0 aliphatic rings. The largest absolute Gasteiger partial charge is 0.508 e. The van der Waals surface area contributed by atoms with E-state index in [0.717, 1.165) is 11.3 Å². The van der Waals surface area contributed by atoms with E-state index >= 15 is 0 Å². The molecule has 1 heterocycles. The topological polar surface area (TPSA) is 36.6 Å². The summed E-state index contributed by atoms with van der Waals surface area (Å²) in [7, 11) is 0. The fourth-order valence-corrected chi connectivity index (χ4v) is 2.09. The van der Waals surface area contributed by atoms with Crippen molar-refractivity contribution in [3.63, 3.8) is 0 Å². The molecule has 0 saturated carbocycles. The number of hydrogen-bond donors (Lipinski definition) is 1. The molecule has 0 radical (unpaired) electrons. The van der Waals surface area contributed by atoms with E-state index in [4.69, 9.17) is 16.0 Å². The van der Waals surface area contributed by atoms with Crippen LogP contribution in [0.25, 0.3) is 0 Å². The maximum absolute atomic E-state index is 9.81. The minimum atomic E-state index is 0.284. The second-order valence-electron chi connectivity index (χ2n) is 4.37. The van der Waals surface area contributed by atoms with Gasteiger partial charge in [-0.2, -0.15) is 0 Å². The van der Waals surface area contributed by atoms with E-state index < -0.39 is 0 Å². The number of phenols is 1. The Balaban J connectivity index is 2.09. The minimum absolute atomic E-state index is 0.284. The molecule has 2 rings (SSSR count). The van der Waals surface area contributed by atoms with Gasteiger partial charge >= 0.3 is 0 Å². The molecule has 0 spiro atoms. The summed E-state index contributed by atoms with van der Waals surface area (Å²) in [5.74, 6) is 1.14. The Morgan fingerprint density at radius 1 is 1.21 bits per heavy atom. The van der Waals surface area contributed by atoms with Crippen molar-refractivity contribution >= 4 is 11.6 Å². The fraction of sp³-hybridized carbons (Fsp3) is 0.200. The molecule has 1 aromatic heterocycles. The summed E-state index contributed by atoms with van der Waals surface area (Å²) >= 11 is 5.89. The number of rotatable bonds is 6. The Labute approximate surface area is 117 Å². The van der Waals surface area contributed by atoms with E-state index in [1.807, 2.05) is 24.3 Å². The zero-order valence-electron chi connectivity index (χ0n) is 10.6. The Morgan fingerprint density at radius 2 is 2.00 bits per heavy atom. The van der Waals surface area contributed by atoms with Crippen LogP contribution in [-0.4, -0.2) is 16.6 Å². The number of nitrogens with zero attached hydrogens (tertiary/aromatic N) is 1. The van der Waals surface area contributed by atoms with Gasteiger partial charge in [0.2, 0.25) is 0 Å². The quantitative estimate of drug-likeness (QED) is 0.874. The van der Waals surface area contributed by atoms with Crippen LogP contribution in [-0.2, 0) is 13.1 Å². The molecule has 0 amide bonds. The summed E-state index contributed by atoms with van der Waals surface area (Å²) in [6.45, 7) is 5.46. The van der Waals surface area contributed by atoms with Gasteiger partial charge in [-0.15, -0.1) is 0 Å². The van der Waals surface area contributed by atoms with Crippen molar-refractivity contribution in [3.05, 3.63) is 65.6 Å². The van der Waals surface area contributed by atoms with Crippen LogP contribution < -0.4 is 0 Å². The van der Waals surface area contributed by atoms with Crippen molar-refractivity contribution in [2.45, 2.75) is 13.1 Å². The second kappa shape index (κ2) is 6.45. The normalized spacial score (nSPS) is 10.8. The van der Waals surface area contributed by atoms with Crippen LogP contribution >= 0.6 is 11.6 Å². The van der Waals surface area contributed by atoms with E-state index in [1.165, 1.54) is 0 Å². The van der Waals surface area contributed by atoms with Gasteiger partial charge in [0.15, 0.2) is 0 Å². The second-order valence-corrected chi connectivity index (χ2v) is 4.91. The number of halogens is 1. The van der Waals surface area contributed by atoms with E-state index in [2.05, 4.69) is 11.5 Å². The lowest BCUT2D eigenvalue weighted by molar-refractivity contribution is 0.255. The molecule has 0 atom stereocenters. The molecule has 0 aliphatic heterocycles. The van der Waals surface area contributed by atoms with Gasteiger partial charge in [0.25, 0.3) is 0 Å². The number of furan rings is 1. The first-order chi connectivity index (χ1) is 9.15. The average Bonchev–Trinajstić information content (AvgIpc) is 2.84. The molecule has 3 nitrogen and oxygen atoms in total. The zero-order valence-corrected chi connectivity index (χ0v) is 11.3. The minimum Gasteiger partial charge on any atom is -0.508 e. The van der Waals surface area contributed by atoms with E-state index in [9.17, 15) is 5.11 Å². The molecule has 0 bridgehead atoms. The van der Waals surface area contributed by atoms with E-state index in [1.54, 1.807) is 18.4 Å². The van der Waals surface area contributed by atoms with Gasteiger partial charge in [0.1, 0.15) is 11.5 Å². The van der Waals surface area contributed by atoms with Crippen molar-refractivity contribution in [3.8, 4) is 5.75 Å². The molecule has 0 saturated heterocycles. The van der Waals surface area contributed by atoms with Gasteiger partial charge in [-0.25, -0.2) is 0 Å². The van der Waals surface area contributed by atoms with Gasteiger partial charge in [0, 0.05) is 23.7 Å². The summed E-state index contributed by atoms with van der Waals surface area (Å²) < 4.78 is 5.34. The SMILES string of the molecule is C=C(Cl)CN(Cc1ccco1)Cc1ccccc1O. The third-order valence-electron chi connectivity index (χ3n) is 2.74. The maximum atomic E-state index is 9.81. The number of aromatic hydroxyl groups is 1. The molecule has 19 heavy (non-hydrogen) atoms. The molecule has 1 aromatic carbocycles. The summed E-state index contributed by atoms with van der Waals surface area (Å²) in [4.78, 5) is 2.06. The lowest BCUT2D eigenvalue weighted by Crippen LogP contribution is -2.23. The van der Waals surface area contributed by atoms with Crippen LogP contribution in [0, 0.1) is 0 Å². The monoisotopic (exact) mass is 277 g/mol. The standard InChI is InChI=1S/C15H16ClNO2/c1-12(16)9-17(11-14-6-4-8-19-14)10-13-5-2-3-7-15(13)18/h2-8,18H,1,9-11H2. The van der Waals surface area contributed by atoms with Crippen molar-refractivity contribution in [1.29, 1.82) is 0 Å². The molecule has 0 fully saturated rings. The first-order valence-electron chi connectivity index (χ1n) is 6.00. The number of hydrogen-bond acceptors (Lipinski definition) is 3. The molecule has 0 unspecified atom stereocenters. The summed E-state index contributed by atoms with van der Waals surface area (Å²) in [6, 6.07) is 11.0. The zero-order chi connectivity index (χ0) is 13.7. The number of phenolic OH excluding ortho intramolecular Hbond substituents is 1. The molecule has 100 valence electrons. The van der Waals surface area contributed by atoms with Crippen molar-refractivity contribution in [2.24, 2.45) is 0 Å². The third-order valence-corrected chi connectivity index (χ3v) is 2.86. The molecule has 2 aromatic rings. The molecular weight excluding hydrogens is 262 g/mol. The highest BCUT2D eigenvalue weighted by Crippen LogP contribution is 2.20. The van der Waals surface area contributed by atoms with Gasteiger partial charge in [-0.3, -0.25) is 4.90 Å². The number of benzene rings is 1. The van der Waals surface area contributed by atoms with Crippen molar-refractivity contribution < 1.29 is 9.52 Å². The van der Waals surface area contributed by atoms with E-state index in [-0.39, 0.29) is 5.75 Å². The van der Waals surface area contributed by atoms with Gasteiger partial charge in [-0.1, -0.05) is 36.4 Å². The Hall–Kier alpha value is -1.71. The van der Waals surface area contributed by atoms with Crippen LogP contribution in [0.1, 0.15) is 11.3 Å². The molecule has 4 heteroatoms. The van der Waals surface area contributed by atoms with Gasteiger partial charge < -0.3 is 9.52 Å². The first-order valence-corrected chi connectivity index (χ1v) is 6.38. The van der Waals surface area contributed by atoms with E-state index in [0.29, 0.717) is 24.7 Å². The lowest BCUT2D eigenvalue weighted by atomic mass is 10.2. The van der Waals surface area contributed by atoms with Crippen LogP contribution in [0.2, 0.25) is 0 Å². The molecule has 1 N–H and O–H groups in total. The lowest BCUT2D eigenvalue weighted by Gasteiger charge is -2.21. The predicted octanol–water partition coefficient (Wildman–Crippen LogP) is 3.74. The highest BCUT2D eigenvalue weighted by molar-refractivity contribution is 6.29. The van der Waals surface area contributed by atoms with Crippen LogP contribution in [0.4, 0.5) is 0 Å². The molecular formula is C15H16ClNO2. The maximum Gasteiger partial charge on any atom is 0.120 e. The van der Waals surface area contributed by atoms with Gasteiger partial charge in [0.05, 0.1) is 12.8 Å². The Bertz CT molecular complexity index is 537. The summed E-state index contributed by atoms with van der Waals surface area (Å²) in [5, 5.41) is 10.4. The molecule has 0 aliphatic carbocycles. The van der Waals surface area contributed by atoms with Crippen molar-refractivity contribution in [1.82, 2.24) is 4.90 Å². The van der Waals surface area contributed by atoms with Crippen LogP contribution in [0.15, 0.2) is 58.7 Å². The fourth-order valence-electron chi connectivity index (χ4n) is 1.92. The summed E-state index contributed by atoms with van der Waals surface area (Å²) in [5.41, 5.74) is 0.854. The summed E-state index contributed by atoms with van der Waals surface area (Å²) in [6.07, 6.45) is 1.64. The smallest absolute Gasteiger partial charge is 0.120 e.